The van der Waals surface area contributed by atoms with E-state index in [1.807, 2.05) is 54.3 Å². The Kier molecular flexibility index (Phi) is 6.96. The van der Waals surface area contributed by atoms with E-state index in [2.05, 4.69) is 31.2 Å². The molecule has 3 aromatic carbocycles. The second-order valence-corrected chi connectivity index (χ2v) is 10.1. The summed E-state index contributed by atoms with van der Waals surface area (Å²) in [6.45, 7) is 4.58. The molecule has 0 saturated carbocycles. The number of amides is 1. The largest absolute Gasteiger partial charge is 0.284 e. The van der Waals surface area contributed by atoms with Crippen LogP contribution in [0.3, 0.4) is 0 Å². The van der Waals surface area contributed by atoms with Crippen molar-refractivity contribution < 1.29 is 4.79 Å². The van der Waals surface area contributed by atoms with Gasteiger partial charge in [-0.15, -0.1) is 11.8 Å². The zero-order valence-electron chi connectivity index (χ0n) is 17.5. The minimum Gasteiger partial charge on any atom is -0.284 e. The number of thiazole rings is 1. The van der Waals surface area contributed by atoms with Gasteiger partial charge in [-0.2, -0.15) is 0 Å². The molecule has 3 nitrogen and oxygen atoms in total. The smallest absolute Gasteiger partial charge is 0.229 e. The number of carbonyl (C=O) groups excluding carboxylic acids is 1. The Hall–Kier alpha value is -2.34. The summed E-state index contributed by atoms with van der Waals surface area (Å²) in [5, 5.41) is 1.41. The summed E-state index contributed by atoms with van der Waals surface area (Å²) in [4.78, 5) is 21.1. The van der Waals surface area contributed by atoms with Gasteiger partial charge < -0.3 is 0 Å². The summed E-state index contributed by atoms with van der Waals surface area (Å²) in [5.41, 5.74) is 4.24. The molecule has 6 heteroatoms. The van der Waals surface area contributed by atoms with Crippen molar-refractivity contribution >= 4 is 56.0 Å². The summed E-state index contributed by atoms with van der Waals surface area (Å²) in [7, 11) is 0. The number of hydrogen-bond acceptors (Lipinski definition) is 4. The summed E-state index contributed by atoms with van der Waals surface area (Å²) in [5.74, 6) is 0.800. The maximum absolute atomic E-state index is 13.3. The van der Waals surface area contributed by atoms with Crippen LogP contribution >= 0.6 is 34.7 Å². The minimum atomic E-state index is 0.0753. The first-order valence-corrected chi connectivity index (χ1v) is 12.3. The molecular weight excluding hydrogens is 444 g/mol. The summed E-state index contributed by atoms with van der Waals surface area (Å²) in [6.07, 6.45) is 0.445. The predicted octanol–water partition coefficient (Wildman–Crippen LogP) is 7.28. The van der Waals surface area contributed by atoms with Crippen molar-refractivity contribution in [3.63, 3.8) is 0 Å². The number of anilines is 1. The van der Waals surface area contributed by atoms with E-state index in [9.17, 15) is 4.79 Å². The lowest BCUT2D eigenvalue weighted by molar-refractivity contribution is -0.118. The van der Waals surface area contributed by atoms with Gasteiger partial charge in [0.15, 0.2) is 5.13 Å². The number of halogens is 1. The zero-order valence-corrected chi connectivity index (χ0v) is 19.9. The second-order valence-electron chi connectivity index (χ2n) is 7.44. The monoisotopic (exact) mass is 466 g/mol. The lowest BCUT2D eigenvalue weighted by Gasteiger charge is -2.20. The number of aromatic nitrogens is 1. The number of aryl methyl sites for hydroxylation is 2. The molecule has 0 atom stereocenters. The van der Waals surface area contributed by atoms with Crippen molar-refractivity contribution in [2.24, 2.45) is 0 Å². The van der Waals surface area contributed by atoms with Crippen molar-refractivity contribution in [2.75, 3.05) is 10.7 Å². The highest BCUT2D eigenvalue weighted by Gasteiger charge is 2.21. The van der Waals surface area contributed by atoms with E-state index in [4.69, 9.17) is 16.6 Å². The molecule has 158 valence electrons. The van der Waals surface area contributed by atoms with Gasteiger partial charge in [0.25, 0.3) is 0 Å². The zero-order chi connectivity index (χ0) is 21.8. The Morgan fingerprint density at radius 2 is 1.81 bits per heavy atom. The number of hydrogen-bond donors (Lipinski definition) is 0. The molecule has 0 aliphatic carbocycles. The van der Waals surface area contributed by atoms with Crippen LogP contribution in [0.1, 0.15) is 23.1 Å². The molecule has 0 saturated heterocycles. The van der Waals surface area contributed by atoms with Crippen LogP contribution in [0.15, 0.2) is 71.6 Å². The first kappa shape index (κ1) is 21.9. The standard InChI is InChI=1S/C25H23ClN2OS2/c1-17-8-10-21(11-9-17)30-13-12-23(29)28(16-19-6-4-3-5-7-19)25-27-24-18(2)14-20(26)15-22(24)31-25/h3-11,14-15H,12-13,16H2,1-2H3. The average Bonchev–Trinajstić information content (AvgIpc) is 3.18. The van der Waals surface area contributed by atoms with Crippen LogP contribution in [0, 0.1) is 13.8 Å². The number of nitrogens with zero attached hydrogens (tertiary/aromatic N) is 2. The van der Waals surface area contributed by atoms with Crippen LogP contribution < -0.4 is 4.90 Å². The van der Waals surface area contributed by atoms with E-state index in [0.29, 0.717) is 18.0 Å². The molecule has 1 amide bonds. The fraction of sp³-hybridized carbons (Fsp3) is 0.200. The Morgan fingerprint density at radius 3 is 2.55 bits per heavy atom. The third-order valence-corrected chi connectivity index (χ3v) is 7.22. The van der Waals surface area contributed by atoms with E-state index in [1.54, 1.807) is 11.8 Å². The summed E-state index contributed by atoms with van der Waals surface area (Å²) >= 11 is 9.46. The first-order valence-electron chi connectivity index (χ1n) is 10.1. The van der Waals surface area contributed by atoms with Crippen molar-refractivity contribution in [1.82, 2.24) is 4.98 Å². The van der Waals surface area contributed by atoms with Gasteiger partial charge in [-0.1, -0.05) is 71.0 Å². The SMILES string of the molecule is Cc1ccc(SCCC(=O)N(Cc2ccccc2)c2nc3c(C)cc(Cl)cc3s2)cc1. The molecule has 4 aromatic rings. The lowest BCUT2D eigenvalue weighted by Crippen LogP contribution is -2.30. The maximum atomic E-state index is 13.3. The van der Waals surface area contributed by atoms with E-state index in [1.165, 1.54) is 21.8 Å². The van der Waals surface area contributed by atoms with E-state index >= 15 is 0 Å². The Bertz CT molecular complexity index is 1190. The van der Waals surface area contributed by atoms with Crippen molar-refractivity contribution in [3.8, 4) is 0 Å². The second kappa shape index (κ2) is 9.86. The van der Waals surface area contributed by atoms with Gasteiger partial charge in [0.05, 0.1) is 16.8 Å². The minimum absolute atomic E-state index is 0.0753. The molecule has 0 N–H and O–H groups in total. The number of carbonyl (C=O) groups is 1. The molecule has 0 aliphatic rings. The van der Waals surface area contributed by atoms with Gasteiger partial charge in [0, 0.05) is 22.1 Å². The van der Waals surface area contributed by atoms with E-state index in [-0.39, 0.29) is 5.91 Å². The Morgan fingerprint density at radius 1 is 1.06 bits per heavy atom. The third kappa shape index (κ3) is 5.48. The third-order valence-electron chi connectivity index (χ3n) is 4.96. The Labute approximate surface area is 196 Å². The molecule has 31 heavy (non-hydrogen) atoms. The van der Waals surface area contributed by atoms with Crippen LogP contribution in [0.5, 0.6) is 0 Å². The average molecular weight is 467 g/mol. The molecule has 4 rings (SSSR count). The molecule has 0 aliphatic heterocycles. The van der Waals surface area contributed by atoms with Gasteiger partial charge in [0.1, 0.15) is 0 Å². The normalized spacial score (nSPS) is 11.1. The summed E-state index contributed by atoms with van der Waals surface area (Å²) < 4.78 is 1.000. The molecule has 0 unspecified atom stereocenters. The van der Waals surface area contributed by atoms with Crippen molar-refractivity contribution in [1.29, 1.82) is 0 Å². The highest BCUT2D eigenvalue weighted by Crippen LogP contribution is 2.34. The van der Waals surface area contributed by atoms with Crippen molar-refractivity contribution in [2.45, 2.75) is 31.7 Å². The van der Waals surface area contributed by atoms with Gasteiger partial charge in [-0.05, 0) is 49.2 Å². The quantitative estimate of drug-likeness (QED) is 0.268. The van der Waals surface area contributed by atoms with Gasteiger partial charge in [0.2, 0.25) is 5.91 Å². The van der Waals surface area contributed by atoms with E-state index in [0.717, 1.165) is 32.2 Å². The fourth-order valence-corrected chi connectivity index (χ4v) is 5.59. The highest BCUT2D eigenvalue weighted by molar-refractivity contribution is 7.99. The predicted molar refractivity (Wildman–Crippen MR) is 134 cm³/mol. The summed E-state index contributed by atoms with van der Waals surface area (Å²) in [6, 6.07) is 22.3. The number of benzene rings is 3. The lowest BCUT2D eigenvalue weighted by atomic mass is 10.2. The molecular formula is C25H23ClN2OS2. The Balaban J connectivity index is 1.55. The van der Waals surface area contributed by atoms with Crippen LogP contribution in [0.4, 0.5) is 5.13 Å². The molecule has 0 radical (unpaired) electrons. The highest BCUT2D eigenvalue weighted by atomic mass is 35.5. The van der Waals surface area contributed by atoms with Crippen LogP contribution in [-0.4, -0.2) is 16.6 Å². The number of rotatable bonds is 7. The molecule has 1 heterocycles. The van der Waals surface area contributed by atoms with E-state index < -0.39 is 0 Å². The number of thioether (sulfide) groups is 1. The first-order chi connectivity index (χ1) is 15.0. The van der Waals surface area contributed by atoms with Gasteiger partial charge >= 0.3 is 0 Å². The van der Waals surface area contributed by atoms with Crippen LogP contribution in [0.2, 0.25) is 5.02 Å². The molecule has 0 bridgehead atoms. The molecule has 0 spiro atoms. The maximum Gasteiger partial charge on any atom is 0.229 e. The van der Waals surface area contributed by atoms with Crippen LogP contribution in [0.25, 0.3) is 10.2 Å². The van der Waals surface area contributed by atoms with Gasteiger partial charge in [-0.3, -0.25) is 9.69 Å². The number of fused-ring (bicyclic) bond motifs is 1. The van der Waals surface area contributed by atoms with Gasteiger partial charge in [-0.25, -0.2) is 4.98 Å². The van der Waals surface area contributed by atoms with Crippen molar-refractivity contribution in [3.05, 3.63) is 88.4 Å². The van der Waals surface area contributed by atoms with Crippen LogP contribution in [-0.2, 0) is 11.3 Å². The molecule has 1 aromatic heterocycles. The topological polar surface area (TPSA) is 33.2 Å². The fourth-order valence-electron chi connectivity index (χ4n) is 3.31. The molecule has 0 fully saturated rings.